The SMILES string of the molecule is CN(CCc1ccccc1)C(=O)C1CCNCC1. The summed E-state index contributed by atoms with van der Waals surface area (Å²) in [6.45, 7) is 2.76. The van der Waals surface area contributed by atoms with Crippen LogP contribution in [0.15, 0.2) is 30.3 Å². The topological polar surface area (TPSA) is 32.3 Å². The number of piperidine rings is 1. The standard InChI is InChI=1S/C15H22N2O/c1-17(12-9-13-5-3-2-4-6-13)15(18)14-7-10-16-11-8-14/h2-6,14,16H,7-12H2,1H3. The molecule has 18 heavy (non-hydrogen) atoms. The molecule has 0 spiro atoms. The molecule has 3 heteroatoms. The quantitative estimate of drug-likeness (QED) is 0.877. The summed E-state index contributed by atoms with van der Waals surface area (Å²) in [4.78, 5) is 14.1. The third-order valence-corrected chi connectivity index (χ3v) is 3.64. The van der Waals surface area contributed by atoms with Crippen LogP contribution in [-0.4, -0.2) is 37.5 Å². The van der Waals surface area contributed by atoms with Gasteiger partial charge in [-0.25, -0.2) is 0 Å². The number of likely N-dealkylation sites (N-methyl/N-ethyl adjacent to an activating group) is 1. The lowest BCUT2D eigenvalue weighted by Gasteiger charge is -2.27. The summed E-state index contributed by atoms with van der Waals surface area (Å²) in [7, 11) is 1.92. The molecule has 0 aromatic heterocycles. The lowest BCUT2D eigenvalue weighted by Crippen LogP contribution is -2.39. The predicted molar refractivity (Wildman–Crippen MR) is 73.4 cm³/mol. The van der Waals surface area contributed by atoms with E-state index >= 15 is 0 Å². The Morgan fingerprint density at radius 1 is 1.28 bits per heavy atom. The van der Waals surface area contributed by atoms with Crippen molar-refractivity contribution < 1.29 is 4.79 Å². The smallest absolute Gasteiger partial charge is 0.225 e. The molecular weight excluding hydrogens is 224 g/mol. The first-order valence-electron chi connectivity index (χ1n) is 6.77. The number of hydrogen-bond donors (Lipinski definition) is 1. The number of carbonyl (C=O) groups is 1. The molecule has 0 unspecified atom stereocenters. The van der Waals surface area contributed by atoms with Crippen molar-refractivity contribution in [2.24, 2.45) is 5.92 Å². The van der Waals surface area contributed by atoms with E-state index in [1.165, 1.54) is 5.56 Å². The highest BCUT2D eigenvalue weighted by Gasteiger charge is 2.23. The molecule has 2 rings (SSSR count). The molecule has 98 valence electrons. The first kappa shape index (κ1) is 13.1. The van der Waals surface area contributed by atoms with Crippen molar-refractivity contribution >= 4 is 5.91 Å². The van der Waals surface area contributed by atoms with Crippen LogP contribution in [-0.2, 0) is 11.2 Å². The van der Waals surface area contributed by atoms with Crippen LogP contribution in [0.3, 0.4) is 0 Å². The van der Waals surface area contributed by atoms with Gasteiger partial charge in [0.2, 0.25) is 5.91 Å². The summed E-state index contributed by atoms with van der Waals surface area (Å²) in [5, 5.41) is 3.30. The molecule has 0 bridgehead atoms. The van der Waals surface area contributed by atoms with Gasteiger partial charge >= 0.3 is 0 Å². The molecule has 1 fully saturated rings. The first-order chi connectivity index (χ1) is 8.77. The van der Waals surface area contributed by atoms with Crippen molar-refractivity contribution in [3.63, 3.8) is 0 Å². The summed E-state index contributed by atoms with van der Waals surface area (Å²) in [6.07, 6.45) is 2.90. The number of carbonyl (C=O) groups excluding carboxylic acids is 1. The van der Waals surface area contributed by atoms with Gasteiger partial charge in [-0.05, 0) is 37.9 Å². The average molecular weight is 246 g/mol. The summed E-state index contributed by atoms with van der Waals surface area (Å²) in [6, 6.07) is 10.3. The monoisotopic (exact) mass is 246 g/mol. The van der Waals surface area contributed by atoms with Crippen molar-refractivity contribution in [1.82, 2.24) is 10.2 Å². The molecule has 0 radical (unpaired) electrons. The van der Waals surface area contributed by atoms with E-state index in [-0.39, 0.29) is 5.92 Å². The van der Waals surface area contributed by atoms with E-state index in [0.717, 1.165) is 38.9 Å². The molecule has 0 saturated carbocycles. The van der Waals surface area contributed by atoms with E-state index in [2.05, 4.69) is 17.4 Å². The molecule has 1 saturated heterocycles. The largest absolute Gasteiger partial charge is 0.345 e. The van der Waals surface area contributed by atoms with Gasteiger partial charge in [0.15, 0.2) is 0 Å². The van der Waals surface area contributed by atoms with Crippen LogP contribution < -0.4 is 5.32 Å². The van der Waals surface area contributed by atoms with Gasteiger partial charge in [-0.15, -0.1) is 0 Å². The minimum absolute atomic E-state index is 0.229. The van der Waals surface area contributed by atoms with Crippen molar-refractivity contribution in [1.29, 1.82) is 0 Å². The average Bonchev–Trinajstić information content (AvgIpc) is 2.46. The number of nitrogens with zero attached hydrogens (tertiary/aromatic N) is 1. The van der Waals surface area contributed by atoms with E-state index in [1.807, 2.05) is 30.1 Å². The zero-order valence-electron chi connectivity index (χ0n) is 11.1. The van der Waals surface area contributed by atoms with Gasteiger partial charge in [0.05, 0.1) is 0 Å². The Hall–Kier alpha value is -1.35. The van der Waals surface area contributed by atoms with E-state index in [1.54, 1.807) is 0 Å². The highest BCUT2D eigenvalue weighted by molar-refractivity contribution is 5.78. The fraction of sp³-hybridized carbons (Fsp3) is 0.533. The number of nitrogens with one attached hydrogen (secondary N) is 1. The lowest BCUT2D eigenvalue weighted by molar-refractivity contribution is -0.134. The Morgan fingerprint density at radius 3 is 2.61 bits per heavy atom. The maximum Gasteiger partial charge on any atom is 0.225 e. The third kappa shape index (κ3) is 3.57. The molecule has 1 amide bonds. The van der Waals surface area contributed by atoms with Gasteiger partial charge in [-0.3, -0.25) is 4.79 Å². The molecule has 0 atom stereocenters. The Bertz CT molecular complexity index is 371. The Balaban J connectivity index is 1.80. The number of amides is 1. The fourth-order valence-electron chi connectivity index (χ4n) is 2.43. The molecule has 1 heterocycles. The van der Waals surface area contributed by atoms with Gasteiger partial charge in [0.1, 0.15) is 0 Å². The molecule has 1 aromatic rings. The summed E-state index contributed by atoms with van der Waals surface area (Å²) in [5.41, 5.74) is 1.29. The minimum Gasteiger partial charge on any atom is -0.345 e. The van der Waals surface area contributed by atoms with E-state index in [9.17, 15) is 4.79 Å². The van der Waals surface area contributed by atoms with Crippen LogP contribution in [0.1, 0.15) is 18.4 Å². The van der Waals surface area contributed by atoms with Crippen LogP contribution >= 0.6 is 0 Å². The summed E-state index contributed by atoms with van der Waals surface area (Å²) < 4.78 is 0. The molecule has 1 aromatic carbocycles. The second kappa shape index (κ2) is 6.55. The van der Waals surface area contributed by atoms with Crippen molar-refractivity contribution in [3.05, 3.63) is 35.9 Å². The zero-order chi connectivity index (χ0) is 12.8. The van der Waals surface area contributed by atoms with Crippen LogP contribution in [0.5, 0.6) is 0 Å². The molecule has 1 aliphatic rings. The van der Waals surface area contributed by atoms with Crippen LogP contribution in [0.25, 0.3) is 0 Å². The van der Waals surface area contributed by atoms with E-state index < -0.39 is 0 Å². The second-order valence-corrected chi connectivity index (χ2v) is 5.02. The van der Waals surface area contributed by atoms with Gasteiger partial charge < -0.3 is 10.2 Å². The third-order valence-electron chi connectivity index (χ3n) is 3.64. The van der Waals surface area contributed by atoms with Crippen molar-refractivity contribution in [2.45, 2.75) is 19.3 Å². The highest BCUT2D eigenvalue weighted by Crippen LogP contribution is 2.14. The van der Waals surface area contributed by atoms with Gasteiger partial charge in [0.25, 0.3) is 0 Å². The normalized spacial score (nSPS) is 16.5. The Kier molecular flexibility index (Phi) is 4.76. The Morgan fingerprint density at radius 2 is 1.94 bits per heavy atom. The number of benzene rings is 1. The molecule has 1 N–H and O–H groups in total. The molecular formula is C15H22N2O. The molecule has 3 nitrogen and oxygen atoms in total. The van der Waals surface area contributed by atoms with Crippen molar-refractivity contribution in [3.8, 4) is 0 Å². The highest BCUT2D eigenvalue weighted by atomic mass is 16.2. The van der Waals surface area contributed by atoms with Crippen molar-refractivity contribution in [2.75, 3.05) is 26.7 Å². The number of rotatable bonds is 4. The van der Waals surface area contributed by atoms with Crippen LogP contribution in [0.4, 0.5) is 0 Å². The maximum absolute atomic E-state index is 12.2. The minimum atomic E-state index is 0.229. The van der Waals surface area contributed by atoms with E-state index in [0.29, 0.717) is 5.91 Å². The summed E-state index contributed by atoms with van der Waals surface area (Å²) in [5.74, 6) is 0.541. The first-order valence-corrected chi connectivity index (χ1v) is 6.77. The van der Waals surface area contributed by atoms with Crippen LogP contribution in [0.2, 0.25) is 0 Å². The molecule has 1 aliphatic heterocycles. The van der Waals surface area contributed by atoms with Crippen LogP contribution in [0, 0.1) is 5.92 Å². The van der Waals surface area contributed by atoms with Gasteiger partial charge in [-0.2, -0.15) is 0 Å². The molecule has 0 aliphatic carbocycles. The summed E-state index contributed by atoms with van der Waals surface area (Å²) >= 11 is 0. The second-order valence-electron chi connectivity index (χ2n) is 5.02. The Labute approximate surface area is 109 Å². The lowest BCUT2D eigenvalue weighted by atomic mass is 9.96. The zero-order valence-corrected chi connectivity index (χ0v) is 11.1. The maximum atomic E-state index is 12.2. The number of hydrogen-bond acceptors (Lipinski definition) is 2. The van der Waals surface area contributed by atoms with Gasteiger partial charge in [-0.1, -0.05) is 30.3 Å². The fourth-order valence-corrected chi connectivity index (χ4v) is 2.43. The van der Waals surface area contributed by atoms with E-state index in [4.69, 9.17) is 0 Å². The van der Waals surface area contributed by atoms with Gasteiger partial charge in [0, 0.05) is 19.5 Å². The predicted octanol–water partition coefficient (Wildman–Crippen LogP) is 1.69.